The number of rotatable bonds is 4. The number of carbonyl (C=O) groups excluding carboxylic acids is 1. The minimum atomic E-state index is -0.626. The highest BCUT2D eigenvalue weighted by atomic mass is 19.1. The second kappa shape index (κ2) is 7.97. The molecule has 1 unspecified atom stereocenters. The molecule has 9 nitrogen and oxygen atoms in total. The average molecular weight is 445 g/mol. The minimum absolute atomic E-state index is 0.119. The number of fused-ring (bicyclic) bond motifs is 2. The van der Waals surface area contributed by atoms with Crippen LogP contribution in [0.2, 0.25) is 0 Å². The predicted molar refractivity (Wildman–Crippen MR) is 120 cm³/mol. The van der Waals surface area contributed by atoms with Crippen molar-refractivity contribution in [3.8, 4) is 17.1 Å². The Balaban J connectivity index is 1.73. The summed E-state index contributed by atoms with van der Waals surface area (Å²) in [6, 6.07) is 8.78. The number of hydrogen-bond donors (Lipinski definition) is 1. The summed E-state index contributed by atoms with van der Waals surface area (Å²) in [6.07, 6.45) is 4.11. The number of anilines is 1. The molecule has 1 aliphatic rings. The van der Waals surface area contributed by atoms with Gasteiger partial charge in [0.15, 0.2) is 11.5 Å². The second-order valence-corrected chi connectivity index (χ2v) is 7.60. The Morgan fingerprint density at radius 1 is 1.30 bits per heavy atom. The van der Waals surface area contributed by atoms with Gasteiger partial charge in [0.05, 0.1) is 18.5 Å². The summed E-state index contributed by atoms with van der Waals surface area (Å²) in [4.78, 5) is 26.7. The van der Waals surface area contributed by atoms with Crippen LogP contribution in [-0.2, 0) is 11.3 Å². The molecule has 33 heavy (non-hydrogen) atoms. The molecule has 0 aliphatic carbocycles. The maximum Gasteiger partial charge on any atom is 0.250 e. The number of halogens is 1. The zero-order valence-corrected chi connectivity index (χ0v) is 17.8. The molecule has 0 saturated heterocycles. The van der Waals surface area contributed by atoms with E-state index in [2.05, 4.69) is 21.5 Å². The zero-order chi connectivity index (χ0) is 23.1. The van der Waals surface area contributed by atoms with Crippen LogP contribution in [0.25, 0.3) is 22.3 Å². The molecule has 4 aromatic rings. The van der Waals surface area contributed by atoms with E-state index in [1.165, 1.54) is 31.8 Å². The van der Waals surface area contributed by atoms with E-state index in [9.17, 15) is 9.18 Å². The lowest BCUT2D eigenvalue weighted by Gasteiger charge is -2.34. The Labute approximate surface area is 188 Å². The van der Waals surface area contributed by atoms with Crippen molar-refractivity contribution < 1.29 is 13.9 Å². The molecule has 2 N–H and O–H groups in total. The Morgan fingerprint density at radius 3 is 2.88 bits per heavy atom. The van der Waals surface area contributed by atoms with Gasteiger partial charge in [-0.05, 0) is 23.3 Å². The third-order valence-electron chi connectivity index (χ3n) is 5.74. The number of carbonyl (C=O) groups is 1. The van der Waals surface area contributed by atoms with Crippen LogP contribution < -0.4 is 10.5 Å². The summed E-state index contributed by atoms with van der Waals surface area (Å²) in [7, 11) is 1.35. The number of nitrogens with zero attached hydrogens (tertiary/aromatic N) is 6. The van der Waals surface area contributed by atoms with Crippen LogP contribution in [0.3, 0.4) is 0 Å². The normalized spacial score (nSPS) is 15.3. The molecule has 0 fully saturated rings. The molecule has 5 rings (SSSR count). The molecular formula is C23H20FN7O2. The summed E-state index contributed by atoms with van der Waals surface area (Å²) in [6.45, 7) is 4.44. The van der Waals surface area contributed by atoms with Gasteiger partial charge in [0, 0.05) is 24.8 Å². The smallest absolute Gasteiger partial charge is 0.250 e. The SMILES string of the molecule is C=CC(=O)N1Cc2ccccc2C(n2nc(-c3cnc(OC)c(F)c3)c3c(N)ncnc32)C1. The van der Waals surface area contributed by atoms with E-state index in [1.807, 2.05) is 24.3 Å². The van der Waals surface area contributed by atoms with Gasteiger partial charge in [0.1, 0.15) is 17.8 Å². The van der Waals surface area contributed by atoms with Gasteiger partial charge in [-0.1, -0.05) is 30.8 Å². The maximum absolute atomic E-state index is 14.4. The van der Waals surface area contributed by atoms with E-state index < -0.39 is 5.82 Å². The largest absolute Gasteiger partial charge is 0.479 e. The Bertz CT molecular complexity index is 1400. The minimum Gasteiger partial charge on any atom is -0.479 e. The van der Waals surface area contributed by atoms with Gasteiger partial charge >= 0.3 is 0 Å². The van der Waals surface area contributed by atoms with Gasteiger partial charge in [-0.3, -0.25) is 4.79 Å². The van der Waals surface area contributed by atoms with E-state index in [1.54, 1.807) is 9.58 Å². The van der Waals surface area contributed by atoms with E-state index in [4.69, 9.17) is 15.6 Å². The van der Waals surface area contributed by atoms with E-state index in [0.29, 0.717) is 35.4 Å². The van der Waals surface area contributed by atoms with Gasteiger partial charge in [0.2, 0.25) is 11.8 Å². The van der Waals surface area contributed by atoms with Crippen molar-refractivity contribution in [3.05, 3.63) is 72.5 Å². The van der Waals surface area contributed by atoms with Gasteiger partial charge < -0.3 is 15.4 Å². The van der Waals surface area contributed by atoms with E-state index in [-0.39, 0.29) is 23.6 Å². The molecule has 0 radical (unpaired) electrons. The molecule has 1 aromatic carbocycles. The fraction of sp³-hybridized carbons (Fsp3) is 0.174. The predicted octanol–water partition coefficient (Wildman–Crippen LogP) is 2.74. The molecular weight excluding hydrogens is 425 g/mol. The number of ether oxygens (including phenoxy) is 1. The first kappa shape index (κ1) is 20.6. The van der Waals surface area contributed by atoms with Crippen molar-refractivity contribution in [3.63, 3.8) is 0 Å². The number of hydrogen-bond acceptors (Lipinski definition) is 7. The average Bonchev–Trinajstić information content (AvgIpc) is 3.23. The molecule has 10 heteroatoms. The maximum atomic E-state index is 14.4. The lowest BCUT2D eigenvalue weighted by atomic mass is 9.95. The third kappa shape index (κ3) is 3.36. The molecule has 0 bridgehead atoms. The first-order chi connectivity index (χ1) is 16.0. The molecule has 1 atom stereocenters. The molecule has 0 spiro atoms. The lowest BCUT2D eigenvalue weighted by Crippen LogP contribution is -2.39. The summed E-state index contributed by atoms with van der Waals surface area (Å²) in [5, 5.41) is 5.26. The van der Waals surface area contributed by atoms with Crippen molar-refractivity contribution in [2.75, 3.05) is 19.4 Å². The van der Waals surface area contributed by atoms with Gasteiger partial charge in [-0.2, -0.15) is 5.10 Å². The van der Waals surface area contributed by atoms with E-state index >= 15 is 0 Å². The number of nitrogens with two attached hydrogens (primary N) is 1. The first-order valence-corrected chi connectivity index (χ1v) is 10.2. The quantitative estimate of drug-likeness (QED) is 0.481. The van der Waals surface area contributed by atoms with Gasteiger partial charge in [-0.15, -0.1) is 0 Å². The van der Waals surface area contributed by atoms with E-state index in [0.717, 1.165) is 11.1 Å². The van der Waals surface area contributed by atoms with Crippen molar-refractivity contribution in [1.82, 2.24) is 29.6 Å². The molecule has 166 valence electrons. The highest BCUT2D eigenvalue weighted by Crippen LogP contribution is 2.36. The molecule has 1 amide bonds. The van der Waals surface area contributed by atoms with Crippen molar-refractivity contribution in [2.45, 2.75) is 12.6 Å². The van der Waals surface area contributed by atoms with Crippen LogP contribution in [0, 0.1) is 5.82 Å². The van der Waals surface area contributed by atoms with Gasteiger partial charge in [-0.25, -0.2) is 24.0 Å². The van der Waals surface area contributed by atoms with Crippen LogP contribution >= 0.6 is 0 Å². The molecule has 3 aromatic heterocycles. The van der Waals surface area contributed by atoms with Crippen molar-refractivity contribution in [2.24, 2.45) is 0 Å². The van der Waals surface area contributed by atoms with Crippen molar-refractivity contribution in [1.29, 1.82) is 0 Å². The van der Waals surface area contributed by atoms with Crippen LogP contribution in [-0.4, -0.2) is 49.2 Å². The summed E-state index contributed by atoms with van der Waals surface area (Å²) < 4.78 is 21.1. The number of benzene rings is 1. The monoisotopic (exact) mass is 445 g/mol. The van der Waals surface area contributed by atoms with Crippen molar-refractivity contribution >= 4 is 22.8 Å². The second-order valence-electron chi connectivity index (χ2n) is 7.60. The summed E-state index contributed by atoms with van der Waals surface area (Å²) >= 11 is 0. The number of methoxy groups -OCH3 is 1. The van der Waals surface area contributed by atoms with Crippen LogP contribution in [0.5, 0.6) is 5.88 Å². The standard InChI is InChI=1S/C23H20FN7O2/c1-3-18(32)30-10-13-6-4-5-7-15(13)17(11-30)31-22-19(21(25)27-12-28-22)20(29-31)14-8-16(24)23(33-2)26-9-14/h3-9,12,17H,1,10-11H2,2H3,(H2,25,27,28). The summed E-state index contributed by atoms with van der Waals surface area (Å²) in [5.74, 6) is -0.715. The van der Waals surface area contributed by atoms with Gasteiger partial charge in [0.25, 0.3) is 0 Å². The number of amides is 1. The zero-order valence-electron chi connectivity index (χ0n) is 17.8. The Kier molecular flexibility index (Phi) is 4.97. The molecule has 4 heterocycles. The first-order valence-electron chi connectivity index (χ1n) is 10.2. The van der Waals surface area contributed by atoms with Crippen LogP contribution in [0.4, 0.5) is 10.2 Å². The fourth-order valence-corrected chi connectivity index (χ4v) is 4.21. The summed E-state index contributed by atoms with van der Waals surface area (Å²) in [5.41, 5.74) is 9.48. The Morgan fingerprint density at radius 2 is 2.12 bits per heavy atom. The highest BCUT2D eigenvalue weighted by molar-refractivity contribution is 5.98. The van der Waals surface area contributed by atoms with Crippen LogP contribution in [0.15, 0.2) is 55.5 Å². The number of aromatic nitrogens is 5. The Hall–Kier alpha value is -4.34. The third-order valence-corrected chi connectivity index (χ3v) is 5.74. The highest BCUT2D eigenvalue weighted by Gasteiger charge is 2.31. The fourth-order valence-electron chi connectivity index (χ4n) is 4.21. The number of nitrogen functional groups attached to an aromatic ring is 1. The molecule has 0 saturated carbocycles. The van der Waals surface area contributed by atoms with Crippen LogP contribution in [0.1, 0.15) is 17.2 Å². The lowest BCUT2D eigenvalue weighted by molar-refractivity contribution is -0.127. The topological polar surface area (TPSA) is 112 Å². The molecule has 1 aliphatic heterocycles. The number of pyridine rings is 1.